The van der Waals surface area contributed by atoms with Crippen LogP contribution in [0.4, 0.5) is 4.39 Å². The Bertz CT molecular complexity index is 601. The molecule has 1 unspecified atom stereocenters. The number of aryl methyl sites for hydroxylation is 1. The van der Waals surface area contributed by atoms with E-state index in [0.29, 0.717) is 4.47 Å². The molecule has 2 nitrogen and oxygen atoms in total. The molecule has 4 heteroatoms. The van der Waals surface area contributed by atoms with Crippen molar-refractivity contribution in [2.45, 2.75) is 32.7 Å². The maximum Gasteiger partial charge on any atom is 0.137 e. The number of pyridine rings is 1. The Hall–Kier alpha value is -1.26. The van der Waals surface area contributed by atoms with Crippen LogP contribution in [0.3, 0.4) is 0 Å². The van der Waals surface area contributed by atoms with Gasteiger partial charge in [-0.15, -0.1) is 0 Å². The molecule has 1 aromatic heterocycles. The number of nitrogens with zero attached hydrogens (tertiary/aromatic N) is 1. The number of hydrogen-bond acceptors (Lipinski definition) is 2. The number of rotatable bonds is 6. The average molecular weight is 351 g/mol. The molecule has 21 heavy (non-hydrogen) atoms. The van der Waals surface area contributed by atoms with Gasteiger partial charge in [0.15, 0.2) is 0 Å². The summed E-state index contributed by atoms with van der Waals surface area (Å²) in [5.74, 6) is -0.231. The van der Waals surface area contributed by atoms with Crippen molar-refractivity contribution >= 4 is 15.9 Å². The van der Waals surface area contributed by atoms with E-state index in [1.165, 1.54) is 11.6 Å². The Morgan fingerprint density at radius 1 is 1.29 bits per heavy atom. The van der Waals surface area contributed by atoms with Gasteiger partial charge in [-0.2, -0.15) is 0 Å². The van der Waals surface area contributed by atoms with Crippen molar-refractivity contribution in [2.75, 3.05) is 6.54 Å². The number of hydrogen-bond donors (Lipinski definition) is 1. The Balaban J connectivity index is 2.21. The molecule has 0 bridgehead atoms. The minimum absolute atomic E-state index is 0.141. The SMILES string of the molecule is CCCNC(Cc1ccc(F)c(Br)c1)c1cc(C)ccn1. The van der Waals surface area contributed by atoms with Gasteiger partial charge in [-0.05, 0) is 77.6 Å². The van der Waals surface area contributed by atoms with Crippen LogP contribution in [0, 0.1) is 12.7 Å². The van der Waals surface area contributed by atoms with E-state index in [-0.39, 0.29) is 11.9 Å². The van der Waals surface area contributed by atoms with Gasteiger partial charge in [-0.3, -0.25) is 4.98 Å². The predicted octanol–water partition coefficient (Wildman–Crippen LogP) is 4.58. The van der Waals surface area contributed by atoms with Crippen LogP contribution in [-0.2, 0) is 6.42 Å². The van der Waals surface area contributed by atoms with Crippen LogP contribution in [0.15, 0.2) is 41.0 Å². The largest absolute Gasteiger partial charge is 0.308 e. The lowest BCUT2D eigenvalue weighted by Gasteiger charge is -2.19. The van der Waals surface area contributed by atoms with Gasteiger partial charge in [0.25, 0.3) is 0 Å². The zero-order valence-electron chi connectivity index (χ0n) is 12.4. The molecule has 1 aromatic carbocycles. The van der Waals surface area contributed by atoms with Gasteiger partial charge in [0, 0.05) is 6.20 Å². The summed E-state index contributed by atoms with van der Waals surface area (Å²) >= 11 is 3.25. The Labute approximate surface area is 133 Å². The Morgan fingerprint density at radius 3 is 2.76 bits per heavy atom. The molecule has 0 spiro atoms. The van der Waals surface area contributed by atoms with Gasteiger partial charge in [0.05, 0.1) is 16.2 Å². The summed E-state index contributed by atoms with van der Waals surface area (Å²) in [7, 11) is 0. The summed E-state index contributed by atoms with van der Waals surface area (Å²) in [4.78, 5) is 4.48. The van der Waals surface area contributed by atoms with Gasteiger partial charge in [0.2, 0.25) is 0 Å². The zero-order chi connectivity index (χ0) is 15.2. The molecule has 0 saturated carbocycles. The molecule has 2 rings (SSSR count). The van der Waals surface area contributed by atoms with Crippen molar-refractivity contribution in [1.29, 1.82) is 0 Å². The summed E-state index contributed by atoms with van der Waals surface area (Å²) in [6.07, 6.45) is 3.69. The molecule has 0 fully saturated rings. The highest BCUT2D eigenvalue weighted by molar-refractivity contribution is 9.10. The molecule has 2 aromatic rings. The topological polar surface area (TPSA) is 24.9 Å². The van der Waals surface area contributed by atoms with Crippen LogP contribution in [-0.4, -0.2) is 11.5 Å². The minimum atomic E-state index is -0.231. The fraction of sp³-hybridized carbons (Fsp3) is 0.353. The first kappa shape index (κ1) is 16.1. The second kappa shape index (κ2) is 7.66. The van der Waals surface area contributed by atoms with E-state index in [2.05, 4.69) is 46.1 Å². The van der Waals surface area contributed by atoms with Crippen molar-refractivity contribution < 1.29 is 4.39 Å². The normalized spacial score (nSPS) is 12.4. The second-order valence-electron chi connectivity index (χ2n) is 5.22. The van der Waals surface area contributed by atoms with E-state index in [9.17, 15) is 4.39 Å². The van der Waals surface area contributed by atoms with Gasteiger partial charge >= 0.3 is 0 Å². The maximum absolute atomic E-state index is 13.3. The number of halogens is 2. The standard InChI is InChI=1S/C17H20BrFN2/c1-3-7-20-17(16-9-12(2)6-8-21-16)11-13-4-5-15(19)14(18)10-13/h4-6,8-10,17,20H,3,7,11H2,1-2H3. The third-order valence-corrected chi connectivity index (χ3v) is 3.97. The molecule has 0 aliphatic carbocycles. The monoisotopic (exact) mass is 350 g/mol. The first-order valence-electron chi connectivity index (χ1n) is 7.20. The molecular formula is C17H20BrFN2. The van der Waals surface area contributed by atoms with E-state index in [1.54, 1.807) is 0 Å². The van der Waals surface area contributed by atoms with Gasteiger partial charge in [-0.1, -0.05) is 13.0 Å². The highest BCUT2D eigenvalue weighted by Crippen LogP contribution is 2.22. The summed E-state index contributed by atoms with van der Waals surface area (Å²) in [5, 5.41) is 3.52. The van der Waals surface area contributed by atoms with E-state index in [4.69, 9.17) is 0 Å². The summed E-state index contributed by atoms with van der Waals surface area (Å²) in [6.45, 7) is 5.14. The summed E-state index contributed by atoms with van der Waals surface area (Å²) < 4.78 is 13.8. The van der Waals surface area contributed by atoms with Gasteiger partial charge in [0.1, 0.15) is 5.82 Å². The van der Waals surface area contributed by atoms with Crippen LogP contribution in [0.2, 0.25) is 0 Å². The van der Waals surface area contributed by atoms with E-state index in [1.807, 2.05) is 24.4 Å². The zero-order valence-corrected chi connectivity index (χ0v) is 14.0. The van der Waals surface area contributed by atoms with Crippen LogP contribution in [0.1, 0.15) is 36.2 Å². The molecule has 1 heterocycles. The van der Waals surface area contributed by atoms with E-state index >= 15 is 0 Å². The lowest BCUT2D eigenvalue weighted by molar-refractivity contribution is 0.516. The molecular weight excluding hydrogens is 331 g/mol. The number of aromatic nitrogens is 1. The van der Waals surface area contributed by atoms with Crippen LogP contribution in [0.5, 0.6) is 0 Å². The van der Waals surface area contributed by atoms with Gasteiger partial charge in [-0.25, -0.2) is 4.39 Å². The molecule has 0 saturated heterocycles. The van der Waals surface area contributed by atoms with Crippen molar-refractivity contribution in [1.82, 2.24) is 10.3 Å². The Morgan fingerprint density at radius 2 is 2.10 bits per heavy atom. The molecule has 1 N–H and O–H groups in total. The van der Waals surface area contributed by atoms with E-state index < -0.39 is 0 Å². The lowest BCUT2D eigenvalue weighted by atomic mass is 10.0. The van der Waals surface area contributed by atoms with Crippen molar-refractivity contribution in [3.05, 3.63) is 63.6 Å². The fourth-order valence-corrected chi connectivity index (χ4v) is 2.68. The molecule has 0 aliphatic rings. The maximum atomic E-state index is 13.3. The van der Waals surface area contributed by atoms with E-state index in [0.717, 1.165) is 30.6 Å². The van der Waals surface area contributed by atoms with Crippen LogP contribution >= 0.6 is 15.9 Å². The third-order valence-electron chi connectivity index (χ3n) is 3.36. The molecule has 0 aliphatic heterocycles. The smallest absolute Gasteiger partial charge is 0.137 e. The number of nitrogens with one attached hydrogen (secondary N) is 1. The predicted molar refractivity (Wildman–Crippen MR) is 87.8 cm³/mol. The molecule has 112 valence electrons. The molecule has 0 radical (unpaired) electrons. The Kier molecular flexibility index (Phi) is 5.88. The molecule has 1 atom stereocenters. The average Bonchev–Trinajstić information content (AvgIpc) is 2.47. The van der Waals surface area contributed by atoms with Crippen LogP contribution in [0.25, 0.3) is 0 Å². The minimum Gasteiger partial charge on any atom is -0.308 e. The highest BCUT2D eigenvalue weighted by atomic mass is 79.9. The first-order valence-corrected chi connectivity index (χ1v) is 7.99. The summed E-state index contributed by atoms with van der Waals surface area (Å²) in [5.41, 5.74) is 3.31. The van der Waals surface area contributed by atoms with Crippen molar-refractivity contribution in [3.63, 3.8) is 0 Å². The lowest BCUT2D eigenvalue weighted by Crippen LogP contribution is -2.25. The molecule has 0 amide bonds. The van der Waals surface area contributed by atoms with Gasteiger partial charge < -0.3 is 5.32 Å². The van der Waals surface area contributed by atoms with Crippen molar-refractivity contribution in [2.24, 2.45) is 0 Å². The first-order chi connectivity index (χ1) is 10.1. The van der Waals surface area contributed by atoms with Crippen LogP contribution < -0.4 is 5.32 Å². The van der Waals surface area contributed by atoms with Crippen molar-refractivity contribution in [3.8, 4) is 0 Å². The second-order valence-corrected chi connectivity index (χ2v) is 6.07. The summed E-state index contributed by atoms with van der Waals surface area (Å²) in [6, 6.07) is 9.41. The third kappa shape index (κ3) is 4.61. The quantitative estimate of drug-likeness (QED) is 0.824. The number of benzene rings is 1. The fourth-order valence-electron chi connectivity index (χ4n) is 2.25. The highest BCUT2D eigenvalue weighted by Gasteiger charge is 2.14.